The van der Waals surface area contributed by atoms with Crippen LogP contribution >= 0.6 is 11.8 Å². The first kappa shape index (κ1) is 16.3. The molecule has 2 atom stereocenters. The Bertz CT molecular complexity index is 501. The minimum atomic E-state index is -0.726. The Morgan fingerprint density at radius 1 is 1.52 bits per heavy atom. The van der Waals surface area contributed by atoms with Crippen molar-refractivity contribution >= 4 is 17.7 Å². The Morgan fingerprint density at radius 3 is 2.90 bits per heavy atom. The van der Waals surface area contributed by atoms with Crippen LogP contribution in [0, 0.1) is 19.8 Å². The van der Waals surface area contributed by atoms with E-state index < -0.39 is 11.5 Å². The molecule has 1 saturated carbocycles. The lowest BCUT2D eigenvalue weighted by Gasteiger charge is -2.30. The molecule has 2 unspecified atom stereocenters. The summed E-state index contributed by atoms with van der Waals surface area (Å²) in [5.41, 5.74) is 1.53. The van der Waals surface area contributed by atoms with Gasteiger partial charge in [0, 0.05) is 5.69 Å². The Hall–Kier alpha value is -1.07. The van der Waals surface area contributed by atoms with E-state index in [1.54, 1.807) is 18.8 Å². The van der Waals surface area contributed by atoms with Crippen LogP contribution in [-0.2, 0) is 4.79 Å². The molecule has 0 bridgehead atoms. The number of carboxylic acid groups (broad SMARTS) is 1. The van der Waals surface area contributed by atoms with Crippen molar-refractivity contribution in [3.05, 3.63) is 23.4 Å². The summed E-state index contributed by atoms with van der Waals surface area (Å²) in [5, 5.41) is 13.6. The van der Waals surface area contributed by atoms with Crippen molar-refractivity contribution in [2.24, 2.45) is 5.92 Å². The van der Waals surface area contributed by atoms with Crippen molar-refractivity contribution in [1.82, 2.24) is 10.3 Å². The Morgan fingerprint density at radius 2 is 2.29 bits per heavy atom. The van der Waals surface area contributed by atoms with Crippen molar-refractivity contribution in [3.63, 3.8) is 0 Å². The Kier molecular flexibility index (Phi) is 5.27. The number of likely N-dealkylation sites (N-methyl/N-ethyl adjacent to an activating group) is 1. The van der Waals surface area contributed by atoms with Crippen molar-refractivity contribution in [3.8, 4) is 0 Å². The molecule has 0 saturated heterocycles. The van der Waals surface area contributed by atoms with Crippen molar-refractivity contribution in [1.29, 1.82) is 0 Å². The number of aliphatic carboxylic acids is 1. The molecular weight excluding hydrogens is 284 g/mol. The van der Waals surface area contributed by atoms with Gasteiger partial charge >= 0.3 is 5.97 Å². The van der Waals surface area contributed by atoms with Crippen LogP contribution in [0.1, 0.15) is 36.9 Å². The summed E-state index contributed by atoms with van der Waals surface area (Å²) in [6.07, 6.45) is 3.63. The molecule has 1 aliphatic carbocycles. The highest BCUT2D eigenvalue weighted by molar-refractivity contribution is 7.99. The number of carbonyl (C=O) groups is 1. The number of thioether (sulfide) groups is 1. The molecule has 116 valence electrons. The van der Waals surface area contributed by atoms with Crippen LogP contribution in [0.3, 0.4) is 0 Å². The lowest BCUT2D eigenvalue weighted by molar-refractivity contribution is -0.146. The monoisotopic (exact) mass is 308 g/mol. The van der Waals surface area contributed by atoms with E-state index in [1.807, 2.05) is 6.92 Å². The Labute approximate surface area is 130 Å². The molecule has 5 heteroatoms. The van der Waals surface area contributed by atoms with Gasteiger partial charge in [0.1, 0.15) is 5.54 Å². The molecule has 0 amide bonds. The average molecular weight is 308 g/mol. The third-order valence-corrected chi connectivity index (χ3v) is 5.38. The molecule has 1 fully saturated rings. The first-order chi connectivity index (χ1) is 9.98. The molecule has 0 radical (unpaired) electrons. The van der Waals surface area contributed by atoms with Gasteiger partial charge < -0.3 is 10.4 Å². The highest BCUT2D eigenvalue weighted by Crippen LogP contribution is 2.39. The predicted molar refractivity (Wildman–Crippen MR) is 85.8 cm³/mol. The first-order valence-electron chi connectivity index (χ1n) is 7.48. The molecule has 1 heterocycles. The molecule has 0 aliphatic heterocycles. The normalized spacial score (nSPS) is 25.2. The van der Waals surface area contributed by atoms with Crippen LogP contribution in [0.15, 0.2) is 17.2 Å². The summed E-state index contributed by atoms with van der Waals surface area (Å²) in [6, 6.07) is 4.16. The highest BCUT2D eigenvalue weighted by Gasteiger charge is 2.47. The first-order valence-corrected chi connectivity index (χ1v) is 8.47. The van der Waals surface area contributed by atoms with E-state index in [0.717, 1.165) is 42.2 Å². The second-order valence-electron chi connectivity index (χ2n) is 5.88. The van der Waals surface area contributed by atoms with Crippen molar-refractivity contribution in [2.45, 2.75) is 50.1 Å². The standard InChI is InChI=1S/C16H24N2O2S/c1-11-9-12(2)18-14(10-11)21-8-6-13-5-4-7-16(13,17-3)15(19)20/h9-10,13,17H,4-8H2,1-3H3,(H,19,20). The van der Waals surface area contributed by atoms with Crippen molar-refractivity contribution in [2.75, 3.05) is 12.8 Å². The number of nitrogens with one attached hydrogen (secondary N) is 1. The summed E-state index contributed by atoms with van der Waals surface area (Å²) in [4.78, 5) is 16.1. The molecule has 2 N–H and O–H groups in total. The van der Waals surface area contributed by atoms with E-state index in [2.05, 4.69) is 29.4 Å². The molecule has 2 rings (SSSR count). The van der Waals surface area contributed by atoms with Gasteiger partial charge in [-0.2, -0.15) is 0 Å². The molecule has 0 aromatic carbocycles. The zero-order chi connectivity index (χ0) is 15.5. The Balaban J connectivity index is 1.95. The zero-order valence-electron chi connectivity index (χ0n) is 13.0. The fourth-order valence-electron chi connectivity index (χ4n) is 3.37. The van der Waals surface area contributed by atoms with E-state index in [9.17, 15) is 9.90 Å². The van der Waals surface area contributed by atoms with Gasteiger partial charge in [0.2, 0.25) is 0 Å². The number of pyridine rings is 1. The van der Waals surface area contributed by atoms with Gasteiger partial charge in [-0.15, -0.1) is 11.8 Å². The topological polar surface area (TPSA) is 62.2 Å². The van der Waals surface area contributed by atoms with Gasteiger partial charge in [-0.1, -0.05) is 6.42 Å². The molecule has 4 nitrogen and oxygen atoms in total. The van der Waals surface area contributed by atoms with Crippen LogP contribution in [0.5, 0.6) is 0 Å². The van der Waals surface area contributed by atoms with Gasteiger partial charge in [-0.25, -0.2) is 4.98 Å². The maximum atomic E-state index is 11.6. The van der Waals surface area contributed by atoms with Crippen LogP contribution in [0.25, 0.3) is 0 Å². The minimum Gasteiger partial charge on any atom is -0.480 e. The molecule has 1 aliphatic rings. The van der Waals surface area contributed by atoms with Crippen molar-refractivity contribution < 1.29 is 9.90 Å². The van der Waals surface area contributed by atoms with E-state index in [-0.39, 0.29) is 5.92 Å². The number of nitrogens with zero attached hydrogens (tertiary/aromatic N) is 1. The molecule has 21 heavy (non-hydrogen) atoms. The zero-order valence-corrected chi connectivity index (χ0v) is 13.8. The fourth-order valence-corrected chi connectivity index (χ4v) is 4.46. The summed E-state index contributed by atoms with van der Waals surface area (Å²) in [7, 11) is 1.77. The summed E-state index contributed by atoms with van der Waals surface area (Å²) < 4.78 is 0. The summed E-state index contributed by atoms with van der Waals surface area (Å²) >= 11 is 1.73. The number of carboxylic acids is 1. The number of aromatic nitrogens is 1. The van der Waals surface area contributed by atoms with Gasteiger partial charge in [-0.05, 0) is 69.5 Å². The highest BCUT2D eigenvalue weighted by atomic mass is 32.2. The smallest absolute Gasteiger partial charge is 0.324 e. The third-order valence-electron chi connectivity index (χ3n) is 4.44. The number of rotatable bonds is 6. The second-order valence-corrected chi connectivity index (χ2v) is 6.99. The lowest BCUT2D eigenvalue weighted by atomic mass is 9.85. The fraction of sp³-hybridized carbons (Fsp3) is 0.625. The number of aryl methyl sites for hydroxylation is 2. The van der Waals surface area contributed by atoms with E-state index >= 15 is 0 Å². The van der Waals surface area contributed by atoms with Gasteiger partial charge in [0.05, 0.1) is 5.03 Å². The molecule has 1 aromatic heterocycles. The lowest BCUT2D eigenvalue weighted by Crippen LogP contribution is -2.53. The number of hydrogen-bond acceptors (Lipinski definition) is 4. The average Bonchev–Trinajstić information content (AvgIpc) is 2.82. The summed E-state index contributed by atoms with van der Waals surface area (Å²) in [5.74, 6) is 0.414. The van der Waals surface area contributed by atoms with Crippen LogP contribution in [-0.4, -0.2) is 34.4 Å². The maximum absolute atomic E-state index is 11.6. The van der Waals surface area contributed by atoms with Gasteiger partial charge in [-0.3, -0.25) is 4.79 Å². The van der Waals surface area contributed by atoms with E-state index in [4.69, 9.17) is 0 Å². The minimum absolute atomic E-state index is 0.207. The molecule has 0 spiro atoms. The largest absolute Gasteiger partial charge is 0.480 e. The number of hydrogen-bond donors (Lipinski definition) is 2. The summed E-state index contributed by atoms with van der Waals surface area (Å²) in [6.45, 7) is 4.08. The van der Waals surface area contributed by atoms with Crippen LogP contribution < -0.4 is 5.32 Å². The van der Waals surface area contributed by atoms with E-state index in [0.29, 0.717) is 0 Å². The van der Waals surface area contributed by atoms with Gasteiger partial charge in [0.15, 0.2) is 0 Å². The SMILES string of the molecule is CNC1(C(=O)O)CCCC1CCSc1cc(C)cc(C)n1. The van der Waals surface area contributed by atoms with Crippen LogP contribution in [0.2, 0.25) is 0 Å². The van der Waals surface area contributed by atoms with Gasteiger partial charge in [0.25, 0.3) is 0 Å². The van der Waals surface area contributed by atoms with Crippen LogP contribution in [0.4, 0.5) is 0 Å². The quantitative estimate of drug-likeness (QED) is 0.791. The third kappa shape index (κ3) is 3.58. The van der Waals surface area contributed by atoms with E-state index in [1.165, 1.54) is 5.56 Å². The molecular formula is C16H24N2O2S. The maximum Gasteiger partial charge on any atom is 0.324 e. The molecule has 1 aromatic rings. The predicted octanol–water partition coefficient (Wildman–Crippen LogP) is 3.02. The second kappa shape index (κ2) is 6.79.